The lowest BCUT2D eigenvalue weighted by Crippen LogP contribution is -2.58. The molecule has 0 bridgehead atoms. The molecule has 0 aromatic carbocycles. The lowest BCUT2D eigenvalue weighted by Gasteiger charge is -2.25. The number of aliphatic hydroxyl groups is 1. The Morgan fingerprint density at radius 2 is 1.22 bits per heavy atom. The van der Waals surface area contributed by atoms with E-state index < -0.39 is 54.5 Å². The summed E-state index contributed by atoms with van der Waals surface area (Å²) >= 11 is 0. The van der Waals surface area contributed by atoms with E-state index in [1.54, 1.807) is 0 Å². The molecule has 0 radical (unpaired) electrons. The van der Waals surface area contributed by atoms with Crippen molar-refractivity contribution < 1.29 is 29.4 Å². The molecule has 3 amide bonds. The molecule has 212 valence electrons. The fraction of sp³-hybridized carbons (Fsp3) is 0.714. The third-order valence-corrected chi connectivity index (χ3v) is 5.02. The average Bonchev–Trinajstić information content (AvgIpc) is 2.80. The molecule has 0 aliphatic rings. The van der Waals surface area contributed by atoms with Gasteiger partial charge in [-0.2, -0.15) is 0 Å². The van der Waals surface area contributed by atoms with Gasteiger partial charge < -0.3 is 54.8 Å². The van der Waals surface area contributed by atoms with Crippen LogP contribution in [-0.4, -0.2) is 89.7 Å². The predicted molar refractivity (Wildman–Crippen MR) is 138 cm³/mol. The Kier molecular flexibility index (Phi) is 16.0. The summed E-state index contributed by atoms with van der Waals surface area (Å²) in [5, 5.41) is 26.2. The second-order valence-electron chi connectivity index (χ2n) is 8.84. The number of rotatable bonds is 18. The summed E-state index contributed by atoms with van der Waals surface area (Å²) in [6, 6.07) is -4.72. The van der Waals surface area contributed by atoms with E-state index in [1.165, 1.54) is 0 Å². The second-order valence-corrected chi connectivity index (χ2v) is 8.84. The largest absolute Gasteiger partial charge is 0.480 e. The SMILES string of the molecule is CC(C)CC(NC(=O)C(N)CCCN=C(N)N)C(=O)NC(CO)C(=O)NC(CCCN=C(N)N)C(=O)O. The van der Waals surface area contributed by atoms with E-state index in [-0.39, 0.29) is 56.6 Å². The van der Waals surface area contributed by atoms with Gasteiger partial charge in [0.15, 0.2) is 11.9 Å². The highest BCUT2D eigenvalue weighted by Crippen LogP contribution is 2.07. The van der Waals surface area contributed by atoms with Gasteiger partial charge in [0.25, 0.3) is 0 Å². The zero-order valence-corrected chi connectivity index (χ0v) is 21.4. The normalized spacial score (nSPS) is 14.0. The van der Waals surface area contributed by atoms with Gasteiger partial charge in [-0.1, -0.05) is 13.8 Å². The van der Waals surface area contributed by atoms with Crippen LogP contribution in [0.4, 0.5) is 0 Å². The second kappa shape index (κ2) is 17.7. The highest BCUT2D eigenvalue weighted by Gasteiger charge is 2.30. The van der Waals surface area contributed by atoms with Crippen molar-refractivity contribution in [3.63, 3.8) is 0 Å². The molecule has 0 spiro atoms. The topological polar surface area (TPSA) is 300 Å². The number of amides is 3. The molecule has 16 nitrogen and oxygen atoms in total. The highest BCUT2D eigenvalue weighted by atomic mass is 16.4. The zero-order valence-electron chi connectivity index (χ0n) is 21.4. The van der Waals surface area contributed by atoms with Gasteiger partial charge in [-0.15, -0.1) is 0 Å². The monoisotopic (exact) mass is 530 g/mol. The number of nitrogens with zero attached hydrogens (tertiary/aromatic N) is 2. The minimum absolute atomic E-state index is 0.0110. The van der Waals surface area contributed by atoms with Gasteiger partial charge in [-0.25, -0.2) is 4.79 Å². The molecular weight excluding hydrogens is 488 g/mol. The Bertz CT molecular complexity index is 812. The Morgan fingerprint density at radius 3 is 1.68 bits per heavy atom. The molecule has 0 rings (SSSR count). The van der Waals surface area contributed by atoms with E-state index in [2.05, 4.69) is 25.9 Å². The van der Waals surface area contributed by atoms with Crippen LogP contribution in [-0.2, 0) is 19.2 Å². The van der Waals surface area contributed by atoms with Crippen molar-refractivity contribution >= 4 is 35.6 Å². The summed E-state index contributed by atoms with van der Waals surface area (Å²) in [4.78, 5) is 57.1. The van der Waals surface area contributed by atoms with Crippen molar-refractivity contribution in [1.82, 2.24) is 16.0 Å². The Morgan fingerprint density at radius 1 is 0.757 bits per heavy atom. The third kappa shape index (κ3) is 15.1. The van der Waals surface area contributed by atoms with Crippen LogP contribution in [0, 0.1) is 5.92 Å². The molecule has 16 heteroatoms. The van der Waals surface area contributed by atoms with Crippen molar-refractivity contribution in [2.24, 2.45) is 44.6 Å². The first-order valence-corrected chi connectivity index (χ1v) is 11.9. The lowest BCUT2D eigenvalue weighted by atomic mass is 10.0. The number of carboxylic acids is 1. The quantitative estimate of drug-likeness (QED) is 0.0462. The van der Waals surface area contributed by atoms with Gasteiger partial charge in [-0.3, -0.25) is 24.4 Å². The third-order valence-electron chi connectivity index (χ3n) is 5.02. The number of aliphatic imine (C=N–C) groups is 2. The Hall–Kier alpha value is -3.66. The van der Waals surface area contributed by atoms with E-state index in [0.717, 1.165) is 0 Å². The zero-order chi connectivity index (χ0) is 28.5. The van der Waals surface area contributed by atoms with Gasteiger partial charge in [0.2, 0.25) is 17.7 Å². The van der Waals surface area contributed by atoms with Gasteiger partial charge in [0.1, 0.15) is 18.1 Å². The van der Waals surface area contributed by atoms with Crippen LogP contribution in [0.5, 0.6) is 0 Å². The van der Waals surface area contributed by atoms with Crippen LogP contribution >= 0.6 is 0 Å². The van der Waals surface area contributed by atoms with Crippen molar-refractivity contribution in [2.75, 3.05) is 19.7 Å². The molecule has 15 N–H and O–H groups in total. The van der Waals surface area contributed by atoms with Crippen LogP contribution in [0.15, 0.2) is 9.98 Å². The van der Waals surface area contributed by atoms with E-state index in [4.69, 9.17) is 28.7 Å². The first-order chi connectivity index (χ1) is 17.3. The van der Waals surface area contributed by atoms with Crippen LogP contribution < -0.4 is 44.6 Å². The standard InChI is InChI=1S/C21H42N10O6/c1-11(2)9-14(30-16(33)12(22)5-3-7-27-20(23)24)17(34)31-15(10-32)18(35)29-13(19(36)37)6-4-8-28-21(25)26/h11-15,32H,3-10,22H2,1-2H3,(H,29,35)(H,30,33)(H,31,34)(H,36,37)(H4,23,24,27)(H4,25,26,28). The van der Waals surface area contributed by atoms with E-state index >= 15 is 0 Å². The van der Waals surface area contributed by atoms with Crippen LogP contribution in [0.1, 0.15) is 46.0 Å². The Balaban J connectivity index is 5.15. The molecule has 0 fully saturated rings. The fourth-order valence-electron chi connectivity index (χ4n) is 3.13. The summed E-state index contributed by atoms with van der Waals surface area (Å²) in [7, 11) is 0. The van der Waals surface area contributed by atoms with Crippen molar-refractivity contribution in [2.45, 2.75) is 70.1 Å². The minimum atomic E-state index is -1.45. The van der Waals surface area contributed by atoms with E-state index in [1.807, 2.05) is 13.8 Å². The van der Waals surface area contributed by atoms with E-state index in [9.17, 15) is 29.4 Å². The van der Waals surface area contributed by atoms with Crippen LogP contribution in [0.2, 0.25) is 0 Å². The summed E-state index contributed by atoms with van der Waals surface area (Å²) in [6.07, 6.45) is 1.20. The van der Waals surface area contributed by atoms with Crippen molar-refractivity contribution in [3.8, 4) is 0 Å². The summed E-state index contributed by atoms with van der Waals surface area (Å²) < 4.78 is 0. The molecule has 0 aliphatic heterocycles. The number of nitrogens with two attached hydrogens (primary N) is 5. The summed E-state index contributed by atoms with van der Waals surface area (Å²) in [6.45, 7) is 3.31. The number of carboxylic acid groups (broad SMARTS) is 1. The highest BCUT2D eigenvalue weighted by molar-refractivity contribution is 5.94. The summed E-state index contributed by atoms with van der Waals surface area (Å²) in [5.41, 5.74) is 26.8. The number of carbonyl (C=O) groups excluding carboxylic acids is 3. The predicted octanol–water partition coefficient (Wildman–Crippen LogP) is -4.00. The molecular formula is C21H42N10O6. The number of aliphatic carboxylic acids is 1. The molecule has 0 heterocycles. The van der Waals surface area contributed by atoms with Crippen molar-refractivity contribution in [3.05, 3.63) is 0 Å². The smallest absolute Gasteiger partial charge is 0.326 e. The van der Waals surface area contributed by atoms with Crippen LogP contribution in [0.25, 0.3) is 0 Å². The van der Waals surface area contributed by atoms with Gasteiger partial charge in [-0.05, 0) is 38.0 Å². The molecule has 4 unspecified atom stereocenters. The fourth-order valence-corrected chi connectivity index (χ4v) is 3.13. The molecule has 0 aromatic rings. The van der Waals surface area contributed by atoms with Crippen molar-refractivity contribution in [1.29, 1.82) is 0 Å². The number of guanidine groups is 2. The Labute approximate surface area is 215 Å². The average molecular weight is 531 g/mol. The van der Waals surface area contributed by atoms with Gasteiger partial charge in [0.05, 0.1) is 12.6 Å². The summed E-state index contributed by atoms with van der Waals surface area (Å²) in [5.74, 6) is -3.76. The van der Waals surface area contributed by atoms with Gasteiger partial charge >= 0.3 is 5.97 Å². The molecule has 0 saturated heterocycles. The molecule has 0 aromatic heterocycles. The minimum Gasteiger partial charge on any atom is -0.480 e. The maximum absolute atomic E-state index is 12.9. The first-order valence-electron chi connectivity index (χ1n) is 11.9. The number of hydrogen-bond donors (Lipinski definition) is 10. The number of aliphatic hydroxyl groups excluding tert-OH is 1. The molecule has 0 saturated carbocycles. The number of nitrogens with one attached hydrogen (secondary N) is 3. The van der Waals surface area contributed by atoms with Crippen LogP contribution in [0.3, 0.4) is 0 Å². The molecule has 0 aliphatic carbocycles. The molecule has 37 heavy (non-hydrogen) atoms. The molecule has 4 atom stereocenters. The maximum atomic E-state index is 12.9. The lowest BCUT2D eigenvalue weighted by molar-refractivity contribution is -0.142. The van der Waals surface area contributed by atoms with E-state index in [0.29, 0.717) is 6.42 Å². The number of carbonyl (C=O) groups is 4. The van der Waals surface area contributed by atoms with Gasteiger partial charge in [0, 0.05) is 13.1 Å². The first kappa shape index (κ1) is 33.3. The maximum Gasteiger partial charge on any atom is 0.326 e. The number of hydrogen-bond acceptors (Lipinski definition) is 8.